The number of aromatic nitrogens is 2. The van der Waals surface area contributed by atoms with Crippen molar-refractivity contribution in [3.8, 4) is 0 Å². The van der Waals surface area contributed by atoms with E-state index in [4.69, 9.17) is 0 Å². The Morgan fingerprint density at radius 1 is 1.09 bits per heavy atom. The fourth-order valence-electron chi connectivity index (χ4n) is 3.06. The number of benzene rings is 1. The summed E-state index contributed by atoms with van der Waals surface area (Å²) in [6.45, 7) is 3.58. The number of H-pyrrole nitrogens is 1. The van der Waals surface area contributed by atoms with Crippen LogP contribution in [0.5, 0.6) is 0 Å². The third kappa shape index (κ3) is 5.86. The smallest absolute Gasteiger partial charge is 0.0921 e. The first-order chi connectivity index (χ1) is 9.90. The molecule has 22 heavy (non-hydrogen) atoms. The lowest BCUT2D eigenvalue weighted by Gasteiger charge is -2.32. The molecule has 0 unspecified atom stereocenters. The largest absolute Gasteiger partial charge is 0.348 e. The number of aryl methyl sites for hydroxylation is 1. The van der Waals surface area contributed by atoms with Crippen LogP contribution in [0.3, 0.4) is 0 Å². The fraction of sp³-hybridized carbons (Fsp3) is 0.471. The maximum absolute atomic E-state index is 4.08. The van der Waals surface area contributed by atoms with Gasteiger partial charge in [0.25, 0.3) is 0 Å². The van der Waals surface area contributed by atoms with E-state index in [9.17, 15) is 0 Å². The van der Waals surface area contributed by atoms with Crippen LogP contribution < -0.4 is 0 Å². The van der Waals surface area contributed by atoms with Gasteiger partial charge < -0.3 is 4.98 Å². The van der Waals surface area contributed by atoms with Crippen molar-refractivity contribution in [3.05, 3.63) is 54.1 Å². The number of hydrogen-bond acceptors (Lipinski definition) is 2. The van der Waals surface area contributed by atoms with E-state index in [0.717, 1.165) is 18.9 Å². The highest BCUT2D eigenvalue weighted by atomic mass is 79.9. The third-order valence-electron chi connectivity index (χ3n) is 4.33. The van der Waals surface area contributed by atoms with Crippen LogP contribution in [0.2, 0.25) is 0 Å². The van der Waals surface area contributed by atoms with Crippen molar-refractivity contribution in [2.45, 2.75) is 32.2 Å². The third-order valence-corrected chi connectivity index (χ3v) is 4.33. The predicted octanol–water partition coefficient (Wildman–Crippen LogP) is 4.41. The van der Waals surface area contributed by atoms with Gasteiger partial charge in [-0.15, -0.1) is 34.0 Å². The Balaban J connectivity index is 0.00000121. The molecular weight excluding hydrogens is 406 g/mol. The Morgan fingerprint density at radius 3 is 2.45 bits per heavy atom. The van der Waals surface area contributed by atoms with E-state index in [1.165, 1.54) is 43.6 Å². The van der Waals surface area contributed by atoms with Gasteiger partial charge in [0, 0.05) is 18.4 Å². The lowest BCUT2D eigenvalue weighted by Crippen LogP contribution is -2.33. The lowest BCUT2D eigenvalue weighted by molar-refractivity contribution is 0.172. The number of hydrogen-bond donors (Lipinski definition) is 1. The summed E-state index contributed by atoms with van der Waals surface area (Å²) >= 11 is 0. The molecular formula is C17H25Br2N3. The van der Waals surface area contributed by atoms with Crippen molar-refractivity contribution < 1.29 is 0 Å². The molecule has 122 valence electrons. The van der Waals surface area contributed by atoms with Gasteiger partial charge in [0.2, 0.25) is 0 Å². The molecule has 5 heteroatoms. The van der Waals surface area contributed by atoms with Crippen molar-refractivity contribution in [3.63, 3.8) is 0 Å². The van der Waals surface area contributed by atoms with E-state index >= 15 is 0 Å². The standard InChI is InChI=1S/C17H23N3.2BrH/c1-2-4-16(5-3-1)13-20-10-8-15(9-11-20)6-7-17-12-18-14-19-17;;/h1-5,12,14-15H,6-11,13H2,(H,18,19);2*1H. The van der Waals surface area contributed by atoms with Gasteiger partial charge in [-0.3, -0.25) is 4.90 Å². The molecule has 0 amide bonds. The second-order valence-corrected chi connectivity index (χ2v) is 5.82. The molecule has 2 heterocycles. The molecule has 3 rings (SSSR count). The minimum atomic E-state index is 0. The minimum Gasteiger partial charge on any atom is -0.348 e. The van der Waals surface area contributed by atoms with Crippen molar-refractivity contribution in [1.82, 2.24) is 14.9 Å². The number of nitrogens with zero attached hydrogens (tertiary/aromatic N) is 2. The molecule has 1 N–H and O–H groups in total. The topological polar surface area (TPSA) is 31.9 Å². The van der Waals surface area contributed by atoms with Crippen molar-refractivity contribution >= 4 is 34.0 Å². The molecule has 0 saturated carbocycles. The molecule has 1 saturated heterocycles. The maximum Gasteiger partial charge on any atom is 0.0921 e. The Labute approximate surface area is 154 Å². The van der Waals surface area contributed by atoms with Crippen molar-refractivity contribution in [2.75, 3.05) is 13.1 Å². The summed E-state index contributed by atoms with van der Waals surface area (Å²) in [5, 5.41) is 0. The van der Waals surface area contributed by atoms with Crippen LogP contribution in [-0.2, 0) is 13.0 Å². The Morgan fingerprint density at radius 2 is 1.82 bits per heavy atom. The summed E-state index contributed by atoms with van der Waals surface area (Å²) in [6, 6.07) is 10.8. The van der Waals surface area contributed by atoms with Crippen LogP contribution in [0.15, 0.2) is 42.9 Å². The number of likely N-dealkylation sites (tertiary alicyclic amines) is 1. The first-order valence-electron chi connectivity index (χ1n) is 7.63. The first kappa shape index (κ1) is 19.4. The molecule has 0 bridgehead atoms. The molecule has 0 atom stereocenters. The number of rotatable bonds is 5. The normalized spacial score (nSPS) is 15.8. The average Bonchev–Trinajstić information content (AvgIpc) is 3.01. The number of halogens is 2. The fourth-order valence-corrected chi connectivity index (χ4v) is 3.06. The molecule has 3 nitrogen and oxygen atoms in total. The molecule has 0 spiro atoms. The van der Waals surface area contributed by atoms with Crippen molar-refractivity contribution in [1.29, 1.82) is 0 Å². The van der Waals surface area contributed by atoms with E-state index in [0.29, 0.717) is 0 Å². The quantitative estimate of drug-likeness (QED) is 0.761. The molecule has 2 aromatic rings. The molecule has 0 aliphatic carbocycles. The zero-order chi connectivity index (χ0) is 13.6. The second-order valence-electron chi connectivity index (χ2n) is 5.82. The Bertz CT molecular complexity index is 494. The average molecular weight is 431 g/mol. The molecule has 1 aliphatic rings. The molecule has 1 aliphatic heterocycles. The molecule has 1 aromatic heterocycles. The molecule has 1 aromatic carbocycles. The predicted molar refractivity (Wildman–Crippen MR) is 102 cm³/mol. The summed E-state index contributed by atoms with van der Waals surface area (Å²) in [5.74, 6) is 0.880. The number of aromatic amines is 1. The van der Waals surface area contributed by atoms with Crippen LogP contribution in [0.1, 0.15) is 30.5 Å². The van der Waals surface area contributed by atoms with E-state index in [1.54, 1.807) is 6.33 Å². The van der Waals surface area contributed by atoms with Gasteiger partial charge in [-0.25, -0.2) is 4.98 Å². The molecule has 0 radical (unpaired) electrons. The SMILES string of the molecule is Br.Br.c1ccc(CN2CCC(CCc3cnc[nH]3)CC2)cc1. The Hall–Kier alpha value is -0.650. The van der Waals surface area contributed by atoms with Crippen LogP contribution in [0, 0.1) is 5.92 Å². The van der Waals surface area contributed by atoms with E-state index in [2.05, 4.69) is 45.2 Å². The summed E-state index contributed by atoms with van der Waals surface area (Å²) in [4.78, 5) is 9.86. The van der Waals surface area contributed by atoms with E-state index < -0.39 is 0 Å². The second kappa shape index (κ2) is 10.2. The van der Waals surface area contributed by atoms with Gasteiger partial charge in [0.15, 0.2) is 0 Å². The monoisotopic (exact) mass is 429 g/mol. The minimum absolute atomic E-state index is 0. The summed E-state index contributed by atoms with van der Waals surface area (Å²) in [7, 11) is 0. The lowest BCUT2D eigenvalue weighted by atomic mass is 9.91. The van der Waals surface area contributed by atoms with Gasteiger partial charge in [0.1, 0.15) is 0 Å². The zero-order valence-corrected chi connectivity index (χ0v) is 16.2. The first-order valence-corrected chi connectivity index (χ1v) is 7.63. The van der Waals surface area contributed by atoms with Gasteiger partial charge in [0.05, 0.1) is 6.33 Å². The highest BCUT2D eigenvalue weighted by molar-refractivity contribution is 8.93. The van der Waals surface area contributed by atoms with Gasteiger partial charge >= 0.3 is 0 Å². The van der Waals surface area contributed by atoms with Gasteiger partial charge in [-0.2, -0.15) is 0 Å². The summed E-state index contributed by atoms with van der Waals surface area (Å²) < 4.78 is 0. The van der Waals surface area contributed by atoms with Crippen LogP contribution in [0.4, 0.5) is 0 Å². The van der Waals surface area contributed by atoms with Gasteiger partial charge in [-0.1, -0.05) is 30.3 Å². The van der Waals surface area contributed by atoms with Crippen molar-refractivity contribution in [2.24, 2.45) is 5.92 Å². The molecule has 1 fully saturated rings. The summed E-state index contributed by atoms with van der Waals surface area (Å²) in [6.07, 6.45) is 8.83. The Kier molecular flexibility index (Phi) is 8.98. The highest BCUT2D eigenvalue weighted by Crippen LogP contribution is 2.23. The van der Waals surface area contributed by atoms with E-state index in [-0.39, 0.29) is 34.0 Å². The van der Waals surface area contributed by atoms with Crippen LogP contribution >= 0.6 is 34.0 Å². The van der Waals surface area contributed by atoms with Gasteiger partial charge in [-0.05, 0) is 50.3 Å². The highest BCUT2D eigenvalue weighted by Gasteiger charge is 2.19. The summed E-state index contributed by atoms with van der Waals surface area (Å²) in [5.41, 5.74) is 2.71. The zero-order valence-electron chi connectivity index (χ0n) is 12.8. The van der Waals surface area contributed by atoms with Crippen LogP contribution in [-0.4, -0.2) is 28.0 Å². The van der Waals surface area contributed by atoms with Crippen LogP contribution in [0.25, 0.3) is 0 Å². The number of nitrogens with one attached hydrogen (secondary N) is 1. The number of piperidine rings is 1. The number of imidazole rings is 1. The van der Waals surface area contributed by atoms with E-state index in [1.807, 2.05) is 6.20 Å². The maximum atomic E-state index is 4.08.